The Kier molecular flexibility index (Phi) is 5.42. The van der Waals surface area contributed by atoms with Crippen molar-refractivity contribution in [3.05, 3.63) is 90.3 Å². The molecule has 2 amide bonds. The largest absolute Gasteiger partial charge is 0.495 e. The zero-order chi connectivity index (χ0) is 20.1. The number of hydrogen-bond acceptors (Lipinski definition) is 3. The molecule has 0 bridgehead atoms. The van der Waals surface area contributed by atoms with Gasteiger partial charge in [0.25, 0.3) is 0 Å². The highest BCUT2D eigenvalue weighted by Gasteiger charge is 2.20. The zero-order valence-corrected chi connectivity index (χ0v) is 16.1. The topological polar surface area (TPSA) is 79.0 Å². The first kappa shape index (κ1) is 18.6. The lowest BCUT2D eigenvalue weighted by Gasteiger charge is -2.18. The molecule has 0 fully saturated rings. The maximum atomic E-state index is 12.8. The van der Waals surface area contributed by atoms with Gasteiger partial charge in [0.1, 0.15) is 11.6 Å². The van der Waals surface area contributed by atoms with Crippen molar-refractivity contribution in [3.63, 3.8) is 0 Å². The number of nitrogens with one attached hydrogen (secondary N) is 3. The molecular weight excluding hydrogens is 364 g/mol. The van der Waals surface area contributed by atoms with Crippen molar-refractivity contribution in [1.29, 1.82) is 0 Å². The number of nitrogens with zero attached hydrogens (tertiary/aromatic N) is 1. The lowest BCUT2D eigenvalue weighted by atomic mass is 10.1. The summed E-state index contributed by atoms with van der Waals surface area (Å²) in [7, 11) is 1.57. The summed E-state index contributed by atoms with van der Waals surface area (Å²) in [5.41, 5.74) is 3.52. The van der Waals surface area contributed by atoms with Crippen LogP contribution in [0.1, 0.15) is 17.4 Å². The van der Waals surface area contributed by atoms with Crippen molar-refractivity contribution in [2.24, 2.45) is 0 Å². The van der Waals surface area contributed by atoms with Gasteiger partial charge < -0.3 is 20.4 Å². The van der Waals surface area contributed by atoms with Gasteiger partial charge in [0.05, 0.1) is 29.9 Å². The number of imidazole rings is 1. The van der Waals surface area contributed by atoms with Gasteiger partial charge in [-0.2, -0.15) is 0 Å². The first-order valence-corrected chi connectivity index (χ1v) is 9.42. The van der Waals surface area contributed by atoms with Crippen LogP contribution in [0.3, 0.4) is 0 Å². The highest BCUT2D eigenvalue weighted by Crippen LogP contribution is 2.24. The predicted molar refractivity (Wildman–Crippen MR) is 114 cm³/mol. The molecule has 146 valence electrons. The number of anilines is 1. The number of fused-ring (bicyclic) bond motifs is 1. The van der Waals surface area contributed by atoms with Crippen LogP contribution in [0, 0.1) is 0 Å². The molecule has 1 heterocycles. The molecule has 3 N–H and O–H groups in total. The van der Waals surface area contributed by atoms with Crippen LogP contribution in [0.5, 0.6) is 5.75 Å². The van der Waals surface area contributed by atoms with Crippen molar-refractivity contribution in [2.75, 3.05) is 12.4 Å². The summed E-state index contributed by atoms with van der Waals surface area (Å²) >= 11 is 0. The second kappa shape index (κ2) is 8.48. The van der Waals surface area contributed by atoms with E-state index in [-0.39, 0.29) is 12.1 Å². The molecule has 4 aromatic rings. The van der Waals surface area contributed by atoms with Crippen LogP contribution in [-0.2, 0) is 6.42 Å². The molecule has 0 saturated heterocycles. The fourth-order valence-electron chi connectivity index (χ4n) is 3.27. The number of urea groups is 1. The van der Waals surface area contributed by atoms with E-state index in [1.54, 1.807) is 19.2 Å². The Labute approximate surface area is 168 Å². The minimum absolute atomic E-state index is 0.320. The normalized spacial score (nSPS) is 11.8. The molecule has 29 heavy (non-hydrogen) atoms. The van der Waals surface area contributed by atoms with E-state index in [1.165, 1.54) is 0 Å². The summed E-state index contributed by atoms with van der Waals surface area (Å²) in [6.45, 7) is 0. The van der Waals surface area contributed by atoms with E-state index < -0.39 is 0 Å². The number of amides is 2. The molecule has 0 aliphatic heterocycles. The van der Waals surface area contributed by atoms with Crippen LogP contribution in [0.25, 0.3) is 11.0 Å². The van der Waals surface area contributed by atoms with Crippen molar-refractivity contribution in [3.8, 4) is 5.75 Å². The van der Waals surface area contributed by atoms with Gasteiger partial charge in [0.15, 0.2) is 0 Å². The van der Waals surface area contributed by atoms with E-state index in [9.17, 15) is 4.79 Å². The molecule has 1 aromatic heterocycles. The number of rotatable bonds is 6. The standard InChI is InChI=1S/C23H22N4O2/c1-29-21-14-8-7-13-19(21)26-23(28)27-20(15-16-9-3-2-4-10-16)22-24-17-11-5-6-12-18(17)25-22/h2-14,20H,15H2,1H3,(H,24,25)(H2,26,27,28). The van der Waals surface area contributed by atoms with Crippen molar-refractivity contribution < 1.29 is 9.53 Å². The second-order valence-electron chi connectivity index (χ2n) is 6.68. The molecule has 0 aliphatic carbocycles. The lowest BCUT2D eigenvalue weighted by Crippen LogP contribution is -2.34. The number of H-pyrrole nitrogens is 1. The van der Waals surface area contributed by atoms with Crippen molar-refractivity contribution in [1.82, 2.24) is 15.3 Å². The summed E-state index contributed by atoms with van der Waals surface area (Å²) in [6, 6.07) is 24.5. The highest BCUT2D eigenvalue weighted by molar-refractivity contribution is 5.91. The third-order valence-corrected chi connectivity index (χ3v) is 4.68. The number of methoxy groups -OCH3 is 1. The molecule has 0 saturated carbocycles. The number of benzene rings is 3. The van der Waals surface area contributed by atoms with Gasteiger partial charge in [-0.3, -0.25) is 0 Å². The minimum Gasteiger partial charge on any atom is -0.495 e. The number of para-hydroxylation sites is 4. The fraction of sp³-hybridized carbons (Fsp3) is 0.130. The molecule has 0 radical (unpaired) electrons. The molecule has 0 spiro atoms. The van der Waals surface area contributed by atoms with Gasteiger partial charge in [0, 0.05) is 0 Å². The van der Waals surface area contributed by atoms with Gasteiger partial charge in [-0.15, -0.1) is 0 Å². The first-order chi connectivity index (χ1) is 14.2. The fourth-order valence-corrected chi connectivity index (χ4v) is 3.27. The average Bonchev–Trinajstić information content (AvgIpc) is 3.19. The minimum atomic E-state index is -0.323. The molecule has 4 rings (SSSR count). The Balaban J connectivity index is 1.58. The maximum Gasteiger partial charge on any atom is 0.319 e. The number of carbonyl (C=O) groups is 1. The number of aromatic amines is 1. The van der Waals surface area contributed by atoms with Crippen LogP contribution in [-0.4, -0.2) is 23.1 Å². The number of ether oxygens (including phenoxy) is 1. The Bertz CT molecular complexity index is 1080. The summed E-state index contributed by atoms with van der Waals surface area (Å²) in [6.07, 6.45) is 0.611. The first-order valence-electron chi connectivity index (χ1n) is 9.42. The second-order valence-corrected chi connectivity index (χ2v) is 6.68. The Hall–Kier alpha value is -3.80. The summed E-state index contributed by atoms with van der Waals surface area (Å²) in [4.78, 5) is 20.8. The molecule has 0 aliphatic rings. The molecular formula is C23H22N4O2. The van der Waals surface area contributed by atoms with E-state index in [2.05, 4.69) is 20.6 Å². The van der Waals surface area contributed by atoms with Crippen molar-refractivity contribution in [2.45, 2.75) is 12.5 Å². The summed E-state index contributed by atoms with van der Waals surface area (Å²) < 4.78 is 5.31. The van der Waals surface area contributed by atoms with Gasteiger partial charge in [0.2, 0.25) is 0 Å². The molecule has 3 aromatic carbocycles. The van der Waals surface area contributed by atoms with E-state index in [4.69, 9.17) is 4.74 Å². The van der Waals surface area contributed by atoms with Crippen LogP contribution in [0.4, 0.5) is 10.5 Å². The number of carbonyl (C=O) groups excluding carboxylic acids is 1. The number of hydrogen-bond donors (Lipinski definition) is 3. The Morgan fingerprint density at radius 1 is 1.00 bits per heavy atom. The van der Waals surface area contributed by atoms with Crippen molar-refractivity contribution >= 4 is 22.8 Å². The van der Waals surface area contributed by atoms with Gasteiger partial charge >= 0.3 is 6.03 Å². The van der Waals surface area contributed by atoms with Gasteiger partial charge in [-0.1, -0.05) is 54.6 Å². The molecule has 6 nitrogen and oxygen atoms in total. The quantitative estimate of drug-likeness (QED) is 0.450. The summed E-state index contributed by atoms with van der Waals surface area (Å²) in [5, 5.41) is 5.91. The van der Waals surface area contributed by atoms with E-state index in [1.807, 2.05) is 66.7 Å². The van der Waals surface area contributed by atoms with Crippen LogP contribution in [0.2, 0.25) is 0 Å². The van der Waals surface area contributed by atoms with Gasteiger partial charge in [-0.05, 0) is 36.2 Å². The maximum absolute atomic E-state index is 12.8. The van der Waals surface area contributed by atoms with E-state index in [0.29, 0.717) is 23.7 Å². The monoisotopic (exact) mass is 386 g/mol. The molecule has 1 atom stereocenters. The highest BCUT2D eigenvalue weighted by atomic mass is 16.5. The average molecular weight is 386 g/mol. The zero-order valence-electron chi connectivity index (χ0n) is 16.1. The Morgan fingerprint density at radius 2 is 1.72 bits per heavy atom. The predicted octanol–water partition coefficient (Wildman–Crippen LogP) is 4.68. The number of aromatic nitrogens is 2. The SMILES string of the molecule is COc1ccccc1NC(=O)NC(Cc1ccccc1)c1nc2ccccc2[nH]1. The van der Waals surface area contributed by atoms with Gasteiger partial charge in [-0.25, -0.2) is 9.78 Å². The van der Waals surface area contributed by atoms with E-state index >= 15 is 0 Å². The third kappa shape index (κ3) is 4.38. The van der Waals surface area contributed by atoms with Crippen LogP contribution in [0.15, 0.2) is 78.9 Å². The lowest BCUT2D eigenvalue weighted by molar-refractivity contribution is 0.248. The van der Waals surface area contributed by atoms with E-state index in [0.717, 1.165) is 16.6 Å². The Morgan fingerprint density at radius 3 is 2.52 bits per heavy atom. The van der Waals surface area contributed by atoms with Crippen LogP contribution >= 0.6 is 0 Å². The third-order valence-electron chi connectivity index (χ3n) is 4.68. The molecule has 6 heteroatoms. The smallest absolute Gasteiger partial charge is 0.319 e. The molecule has 1 unspecified atom stereocenters. The van der Waals surface area contributed by atoms with Crippen LogP contribution < -0.4 is 15.4 Å². The summed E-state index contributed by atoms with van der Waals surface area (Å²) in [5.74, 6) is 1.32.